The number of methoxy groups -OCH3 is 1. The number of rotatable bonds is 4. The summed E-state index contributed by atoms with van der Waals surface area (Å²) in [5, 5.41) is 0. The van der Waals surface area contributed by atoms with Crippen molar-refractivity contribution in [3.05, 3.63) is 24.3 Å². The van der Waals surface area contributed by atoms with Gasteiger partial charge in [0.1, 0.15) is 5.75 Å². The SMILES string of the molecule is CCN(CC)C(=O)N1CCN(c2ccccc2OC)CC1. The van der Waals surface area contributed by atoms with Gasteiger partial charge in [-0.2, -0.15) is 0 Å². The summed E-state index contributed by atoms with van der Waals surface area (Å²) in [4.78, 5) is 18.4. The molecular formula is C16H25N3O2. The number of para-hydroxylation sites is 2. The van der Waals surface area contributed by atoms with Crippen molar-refractivity contribution < 1.29 is 9.53 Å². The van der Waals surface area contributed by atoms with Crippen LogP contribution in [0.4, 0.5) is 10.5 Å². The van der Waals surface area contributed by atoms with E-state index in [4.69, 9.17) is 4.74 Å². The molecule has 116 valence electrons. The summed E-state index contributed by atoms with van der Waals surface area (Å²) in [7, 11) is 1.69. The van der Waals surface area contributed by atoms with Gasteiger partial charge in [-0.3, -0.25) is 0 Å². The number of anilines is 1. The first-order chi connectivity index (χ1) is 10.2. The molecule has 5 heteroatoms. The van der Waals surface area contributed by atoms with Gasteiger partial charge in [0.15, 0.2) is 0 Å². The lowest BCUT2D eigenvalue weighted by Crippen LogP contribution is -2.52. The van der Waals surface area contributed by atoms with Crippen LogP contribution >= 0.6 is 0 Å². The monoisotopic (exact) mass is 291 g/mol. The van der Waals surface area contributed by atoms with E-state index in [9.17, 15) is 4.79 Å². The molecule has 0 aliphatic carbocycles. The normalized spacial score (nSPS) is 15.0. The van der Waals surface area contributed by atoms with E-state index in [0.29, 0.717) is 0 Å². The van der Waals surface area contributed by atoms with E-state index in [1.807, 2.05) is 41.8 Å². The number of nitrogens with zero attached hydrogens (tertiary/aromatic N) is 3. The Hall–Kier alpha value is -1.91. The van der Waals surface area contributed by atoms with Crippen molar-refractivity contribution in [3.8, 4) is 5.75 Å². The van der Waals surface area contributed by atoms with Crippen molar-refractivity contribution in [2.45, 2.75) is 13.8 Å². The molecule has 0 saturated carbocycles. The van der Waals surface area contributed by atoms with E-state index in [1.165, 1.54) is 0 Å². The molecule has 2 rings (SSSR count). The Kier molecular flexibility index (Phi) is 5.31. The molecule has 1 saturated heterocycles. The third kappa shape index (κ3) is 3.40. The number of urea groups is 1. The molecule has 0 atom stereocenters. The molecule has 21 heavy (non-hydrogen) atoms. The third-order valence-electron chi connectivity index (χ3n) is 4.01. The molecule has 0 spiro atoms. The predicted molar refractivity (Wildman–Crippen MR) is 85.1 cm³/mol. The second-order valence-electron chi connectivity index (χ2n) is 5.10. The number of hydrogen-bond donors (Lipinski definition) is 0. The zero-order chi connectivity index (χ0) is 15.2. The summed E-state index contributed by atoms with van der Waals surface area (Å²) < 4.78 is 5.42. The van der Waals surface area contributed by atoms with Gasteiger partial charge in [-0.25, -0.2) is 4.79 Å². The quantitative estimate of drug-likeness (QED) is 0.854. The van der Waals surface area contributed by atoms with Crippen molar-refractivity contribution in [2.24, 2.45) is 0 Å². The molecular weight excluding hydrogens is 266 g/mol. The lowest BCUT2D eigenvalue weighted by molar-refractivity contribution is 0.154. The van der Waals surface area contributed by atoms with Crippen molar-refractivity contribution in [1.29, 1.82) is 0 Å². The fraction of sp³-hybridized carbons (Fsp3) is 0.562. The molecule has 0 radical (unpaired) electrons. The zero-order valence-corrected chi connectivity index (χ0v) is 13.2. The highest BCUT2D eigenvalue weighted by Crippen LogP contribution is 2.28. The summed E-state index contributed by atoms with van der Waals surface area (Å²) in [5.74, 6) is 0.890. The summed E-state index contributed by atoms with van der Waals surface area (Å²) >= 11 is 0. The summed E-state index contributed by atoms with van der Waals surface area (Å²) in [5.41, 5.74) is 1.11. The van der Waals surface area contributed by atoms with Crippen LogP contribution in [-0.4, -0.2) is 62.2 Å². The van der Waals surface area contributed by atoms with Gasteiger partial charge in [0, 0.05) is 39.3 Å². The van der Waals surface area contributed by atoms with Crippen molar-refractivity contribution in [1.82, 2.24) is 9.80 Å². The van der Waals surface area contributed by atoms with Gasteiger partial charge in [-0.15, -0.1) is 0 Å². The van der Waals surface area contributed by atoms with Gasteiger partial charge >= 0.3 is 6.03 Å². The first-order valence-corrected chi connectivity index (χ1v) is 7.63. The van der Waals surface area contributed by atoms with Crippen LogP contribution in [-0.2, 0) is 0 Å². The Morgan fingerprint density at radius 2 is 1.76 bits per heavy atom. The van der Waals surface area contributed by atoms with Crippen LogP contribution in [0.3, 0.4) is 0 Å². The van der Waals surface area contributed by atoms with Crippen LogP contribution < -0.4 is 9.64 Å². The average Bonchev–Trinajstić information content (AvgIpc) is 2.56. The van der Waals surface area contributed by atoms with Crippen LogP contribution in [0.5, 0.6) is 5.75 Å². The van der Waals surface area contributed by atoms with E-state index in [0.717, 1.165) is 50.7 Å². The molecule has 2 amide bonds. The molecule has 0 unspecified atom stereocenters. The summed E-state index contributed by atoms with van der Waals surface area (Å²) in [6.07, 6.45) is 0. The van der Waals surface area contributed by atoms with Crippen LogP contribution in [0, 0.1) is 0 Å². The van der Waals surface area contributed by atoms with E-state index >= 15 is 0 Å². The zero-order valence-electron chi connectivity index (χ0n) is 13.2. The molecule has 1 aliphatic rings. The maximum absolute atomic E-state index is 12.3. The second kappa shape index (κ2) is 7.20. The molecule has 1 fully saturated rings. The van der Waals surface area contributed by atoms with Gasteiger partial charge in [0.25, 0.3) is 0 Å². The molecule has 5 nitrogen and oxygen atoms in total. The van der Waals surface area contributed by atoms with Gasteiger partial charge in [0.2, 0.25) is 0 Å². The first-order valence-electron chi connectivity index (χ1n) is 7.63. The Labute approximate surface area is 127 Å². The topological polar surface area (TPSA) is 36.0 Å². The number of ether oxygens (including phenoxy) is 1. The summed E-state index contributed by atoms with van der Waals surface area (Å²) in [6, 6.07) is 8.19. The van der Waals surface area contributed by atoms with Crippen molar-refractivity contribution in [3.63, 3.8) is 0 Å². The Morgan fingerprint density at radius 1 is 1.14 bits per heavy atom. The lowest BCUT2D eigenvalue weighted by Gasteiger charge is -2.38. The molecule has 1 aromatic rings. The highest BCUT2D eigenvalue weighted by Gasteiger charge is 2.24. The highest BCUT2D eigenvalue weighted by atomic mass is 16.5. The van der Waals surface area contributed by atoms with E-state index in [1.54, 1.807) is 7.11 Å². The van der Waals surface area contributed by atoms with E-state index in [-0.39, 0.29) is 6.03 Å². The minimum absolute atomic E-state index is 0.152. The molecule has 0 bridgehead atoms. The predicted octanol–water partition coefficient (Wildman–Crippen LogP) is 2.28. The Balaban J connectivity index is 1.98. The second-order valence-corrected chi connectivity index (χ2v) is 5.10. The van der Waals surface area contributed by atoms with E-state index in [2.05, 4.69) is 11.0 Å². The Morgan fingerprint density at radius 3 is 2.33 bits per heavy atom. The molecule has 0 aromatic heterocycles. The molecule has 1 aromatic carbocycles. The number of carbonyl (C=O) groups excluding carboxylic acids is 1. The van der Waals surface area contributed by atoms with Crippen molar-refractivity contribution >= 4 is 11.7 Å². The Bertz CT molecular complexity index is 466. The molecule has 1 aliphatic heterocycles. The fourth-order valence-corrected chi connectivity index (χ4v) is 2.72. The van der Waals surface area contributed by atoms with Gasteiger partial charge in [0.05, 0.1) is 12.8 Å². The number of amides is 2. The average molecular weight is 291 g/mol. The van der Waals surface area contributed by atoms with Crippen LogP contribution in [0.2, 0.25) is 0 Å². The minimum atomic E-state index is 0.152. The summed E-state index contributed by atoms with van der Waals surface area (Å²) in [6.45, 7) is 8.77. The largest absolute Gasteiger partial charge is 0.495 e. The third-order valence-corrected chi connectivity index (χ3v) is 4.01. The highest BCUT2D eigenvalue weighted by molar-refractivity contribution is 5.75. The van der Waals surface area contributed by atoms with Crippen molar-refractivity contribution in [2.75, 3.05) is 51.3 Å². The van der Waals surface area contributed by atoms with Crippen LogP contribution in [0.1, 0.15) is 13.8 Å². The fourth-order valence-electron chi connectivity index (χ4n) is 2.72. The van der Waals surface area contributed by atoms with Gasteiger partial charge in [-0.05, 0) is 26.0 Å². The minimum Gasteiger partial charge on any atom is -0.495 e. The van der Waals surface area contributed by atoms with Gasteiger partial charge in [-0.1, -0.05) is 12.1 Å². The van der Waals surface area contributed by atoms with Crippen LogP contribution in [0.25, 0.3) is 0 Å². The smallest absolute Gasteiger partial charge is 0.320 e. The van der Waals surface area contributed by atoms with Gasteiger partial charge < -0.3 is 19.4 Å². The number of benzene rings is 1. The van der Waals surface area contributed by atoms with E-state index < -0.39 is 0 Å². The first kappa shape index (κ1) is 15.5. The maximum Gasteiger partial charge on any atom is 0.320 e. The lowest BCUT2D eigenvalue weighted by atomic mass is 10.2. The number of carbonyl (C=O) groups is 1. The van der Waals surface area contributed by atoms with Crippen LogP contribution in [0.15, 0.2) is 24.3 Å². The maximum atomic E-state index is 12.3. The molecule has 1 heterocycles. The number of piperazine rings is 1. The standard InChI is InChI=1S/C16H25N3O2/c1-4-17(5-2)16(20)19-12-10-18(11-13-19)14-8-6-7-9-15(14)21-3/h6-9H,4-5,10-13H2,1-3H3. The number of hydrogen-bond acceptors (Lipinski definition) is 3. The molecule has 0 N–H and O–H groups in total.